The van der Waals surface area contributed by atoms with Crippen LogP contribution in [0, 0.1) is 13.8 Å². The average Bonchev–Trinajstić information content (AvgIpc) is 2.43. The van der Waals surface area contributed by atoms with Gasteiger partial charge in [-0.3, -0.25) is 0 Å². The Morgan fingerprint density at radius 3 is 2.62 bits per heavy atom. The van der Waals surface area contributed by atoms with Crippen LogP contribution in [0.15, 0.2) is 42.5 Å². The van der Waals surface area contributed by atoms with Gasteiger partial charge in [-0.2, -0.15) is 0 Å². The van der Waals surface area contributed by atoms with E-state index in [0.29, 0.717) is 17.2 Å². The summed E-state index contributed by atoms with van der Waals surface area (Å²) >= 11 is 5.93. The third-order valence-electron chi connectivity index (χ3n) is 3.59. The number of benzene rings is 2. The van der Waals surface area contributed by atoms with Gasteiger partial charge in [-0.15, -0.1) is 0 Å². The van der Waals surface area contributed by atoms with Gasteiger partial charge in [0.15, 0.2) is 0 Å². The molecule has 0 aliphatic carbocycles. The largest absolute Gasteiger partial charge is 0.488 e. The van der Waals surface area contributed by atoms with E-state index in [0.717, 1.165) is 5.56 Å². The molecule has 1 N–H and O–H groups in total. The standard InChI is InChI=1S/C18H21ClO2/c1-12-7-8-13(2)15(9-12)10-18(20)14(3)21-17-6-4-5-16(19)11-17/h4-9,11,14,18,20H,10H2,1-3H3. The zero-order valence-electron chi connectivity index (χ0n) is 12.6. The van der Waals surface area contributed by atoms with Crippen molar-refractivity contribution in [2.45, 2.75) is 39.4 Å². The summed E-state index contributed by atoms with van der Waals surface area (Å²) in [6.07, 6.45) is -0.289. The molecule has 3 heteroatoms. The first-order valence-corrected chi connectivity index (χ1v) is 7.50. The highest BCUT2D eigenvalue weighted by Gasteiger charge is 2.17. The molecule has 0 amide bonds. The van der Waals surface area contributed by atoms with Gasteiger partial charge in [0.05, 0.1) is 6.10 Å². The molecule has 0 saturated carbocycles. The highest BCUT2D eigenvalue weighted by atomic mass is 35.5. The molecule has 0 saturated heterocycles. The zero-order valence-corrected chi connectivity index (χ0v) is 13.4. The molecule has 2 atom stereocenters. The summed E-state index contributed by atoms with van der Waals surface area (Å²) in [6.45, 7) is 5.99. The molecular weight excluding hydrogens is 284 g/mol. The molecule has 0 radical (unpaired) electrons. The van der Waals surface area contributed by atoms with E-state index < -0.39 is 6.10 Å². The van der Waals surface area contributed by atoms with Gasteiger partial charge < -0.3 is 9.84 Å². The Balaban J connectivity index is 2.02. The monoisotopic (exact) mass is 304 g/mol. The summed E-state index contributed by atoms with van der Waals surface area (Å²) in [5.41, 5.74) is 3.55. The Morgan fingerprint density at radius 1 is 1.14 bits per heavy atom. The van der Waals surface area contributed by atoms with E-state index in [1.807, 2.05) is 19.1 Å². The topological polar surface area (TPSA) is 29.5 Å². The minimum absolute atomic E-state index is 0.302. The number of halogens is 1. The summed E-state index contributed by atoms with van der Waals surface area (Å²) < 4.78 is 5.76. The summed E-state index contributed by atoms with van der Waals surface area (Å²) in [6, 6.07) is 13.5. The van der Waals surface area contributed by atoms with Crippen LogP contribution in [0.3, 0.4) is 0 Å². The van der Waals surface area contributed by atoms with Crippen LogP contribution in [0.5, 0.6) is 5.75 Å². The molecule has 0 heterocycles. The second-order valence-corrected chi connectivity index (χ2v) is 5.92. The molecular formula is C18H21ClO2. The van der Waals surface area contributed by atoms with Crippen LogP contribution in [0.2, 0.25) is 5.02 Å². The van der Waals surface area contributed by atoms with E-state index >= 15 is 0 Å². The number of aliphatic hydroxyl groups excluding tert-OH is 1. The minimum atomic E-state index is -0.565. The molecule has 2 unspecified atom stereocenters. The smallest absolute Gasteiger partial charge is 0.122 e. The Morgan fingerprint density at radius 2 is 1.90 bits per heavy atom. The number of aliphatic hydroxyl groups is 1. The van der Waals surface area contributed by atoms with Crippen LogP contribution in [0.1, 0.15) is 23.6 Å². The van der Waals surface area contributed by atoms with Gasteiger partial charge in [0.2, 0.25) is 0 Å². The van der Waals surface area contributed by atoms with Gasteiger partial charge in [0.1, 0.15) is 11.9 Å². The highest BCUT2D eigenvalue weighted by molar-refractivity contribution is 6.30. The van der Waals surface area contributed by atoms with E-state index in [9.17, 15) is 5.11 Å². The molecule has 0 aromatic heterocycles. The predicted molar refractivity (Wildman–Crippen MR) is 87.2 cm³/mol. The maximum Gasteiger partial charge on any atom is 0.122 e. The molecule has 0 spiro atoms. The van der Waals surface area contributed by atoms with Crippen molar-refractivity contribution in [1.29, 1.82) is 0 Å². The number of hydrogen-bond donors (Lipinski definition) is 1. The van der Waals surface area contributed by atoms with Crippen molar-refractivity contribution in [2.75, 3.05) is 0 Å². The molecule has 0 aliphatic heterocycles. The summed E-state index contributed by atoms with van der Waals surface area (Å²) in [5.74, 6) is 0.676. The van der Waals surface area contributed by atoms with Crippen LogP contribution >= 0.6 is 11.6 Å². The summed E-state index contributed by atoms with van der Waals surface area (Å²) in [7, 11) is 0. The van der Waals surface area contributed by atoms with E-state index in [2.05, 4.69) is 32.0 Å². The fraction of sp³-hybridized carbons (Fsp3) is 0.333. The van der Waals surface area contributed by atoms with E-state index in [-0.39, 0.29) is 6.10 Å². The highest BCUT2D eigenvalue weighted by Crippen LogP contribution is 2.20. The number of hydrogen-bond acceptors (Lipinski definition) is 2. The fourth-order valence-corrected chi connectivity index (χ4v) is 2.43. The summed E-state index contributed by atoms with van der Waals surface area (Å²) in [5, 5.41) is 11.0. The van der Waals surface area contributed by atoms with Crippen molar-refractivity contribution in [3.8, 4) is 5.75 Å². The molecule has 0 bridgehead atoms. The van der Waals surface area contributed by atoms with Gasteiger partial charge >= 0.3 is 0 Å². The second kappa shape index (κ2) is 6.97. The molecule has 2 aromatic rings. The van der Waals surface area contributed by atoms with Crippen molar-refractivity contribution in [3.63, 3.8) is 0 Å². The van der Waals surface area contributed by atoms with Gasteiger partial charge in [-0.1, -0.05) is 41.4 Å². The van der Waals surface area contributed by atoms with E-state index in [1.165, 1.54) is 11.1 Å². The third-order valence-corrected chi connectivity index (χ3v) is 3.83. The van der Waals surface area contributed by atoms with Crippen LogP contribution in [-0.4, -0.2) is 17.3 Å². The third kappa shape index (κ3) is 4.48. The van der Waals surface area contributed by atoms with Crippen molar-refractivity contribution in [1.82, 2.24) is 0 Å². The first kappa shape index (κ1) is 15.9. The lowest BCUT2D eigenvalue weighted by Gasteiger charge is -2.21. The normalized spacial score (nSPS) is 13.8. The number of aryl methyl sites for hydroxylation is 2. The van der Waals surface area contributed by atoms with Crippen molar-refractivity contribution >= 4 is 11.6 Å². The molecule has 112 valence electrons. The maximum absolute atomic E-state index is 10.4. The lowest BCUT2D eigenvalue weighted by atomic mass is 9.98. The average molecular weight is 305 g/mol. The van der Waals surface area contributed by atoms with Crippen molar-refractivity contribution < 1.29 is 9.84 Å². The Labute approximate surface area is 131 Å². The lowest BCUT2D eigenvalue weighted by molar-refractivity contribution is 0.0478. The Bertz CT molecular complexity index is 610. The number of rotatable bonds is 5. The SMILES string of the molecule is Cc1ccc(C)c(CC(O)C(C)Oc2cccc(Cl)c2)c1. The quantitative estimate of drug-likeness (QED) is 0.891. The molecule has 0 aliphatic rings. The molecule has 0 fully saturated rings. The number of ether oxygens (including phenoxy) is 1. The van der Waals surface area contributed by atoms with Crippen molar-refractivity contribution in [2.24, 2.45) is 0 Å². The van der Waals surface area contributed by atoms with Gasteiger partial charge in [-0.25, -0.2) is 0 Å². The van der Waals surface area contributed by atoms with Gasteiger partial charge in [-0.05, 0) is 50.1 Å². The fourth-order valence-electron chi connectivity index (χ4n) is 2.24. The van der Waals surface area contributed by atoms with Gasteiger partial charge in [0, 0.05) is 11.4 Å². The maximum atomic E-state index is 10.4. The molecule has 21 heavy (non-hydrogen) atoms. The lowest BCUT2D eigenvalue weighted by Crippen LogP contribution is -2.30. The van der Waals surface area contributed by atoms with Crippen molar-refractivity contribution in [3.05, 3.63) is 64.2 Å². The van der Waals surface area contributed by atoms with Crippen LogP contribution in [-0.2, 0) is 6.42 Å². The molecule has 2 rings (SSSR count). The molecule has 2 nitrogen and oxygen atoms in total. The van der Waals surface area contributed by atoms with Crippen LogP contribution in [0.4, 0.5) is 0 Å². The first-order valence-electron chi connectivity index (χ1n) is 7.12. The van der Waals surface area contributed by atoms with Gasteiger partial charge in [0.25, 0.3) is 0 Å². The first-order chi connectivity index (χ1) is 9.95. The second-order valence-electron chi connectivity index (χ2n) is 5.48. The van der Waals surface area contributed by atoms with Crippen LogP contribution in [0.25, 0.3) is 0 Å². The zero-order chi connectivity index (χ0) is 15.4. The van der Waals surface area contributed by atoms with E-state index in [1.54, 1.807) is 12.1 Å². The molecule has 2 aromatic carbocycles. The summed E-state index contributed by atoms with van der Waals surface area (Å²) in [4.78, 5) is 0. The minimum Gasteiger partial charge on any atom is -0.488 e. The predicted octanol–water partition coefficient (Wildman–Crippen LogP) is 4.33. The Kier molecular flexibility index (Phi) is 5.27. The van der Waals surface area contributed by atoms with Crippen LogP contribution < -0.4 is 4.74 Å². The van der Waals surface area contributed by atoms with E-state index in [4.69, 9.17) is 16.3 Å². The Hall–Kier alpha value is -1.51.